The summed E-state index contributed by atoms with van der Waals surface area (Å²) in [6.07, 6.45) is 1.41. The molecule has 0 aliphatic heterocycles. The minimum Gasteiger partial charge on any atom is -0.321 e. The van der Waals surface area contributed by atoms with E-state index in [4.69, 9.17) is 5.14 Å². The molecule has 20 heavy (non-hydrogen) atoms. The van der Waals surface area contributed by atoms with Gasteiger partial charge in [-0.25, -0.2) is 13.6 Å². The number of rotatable bonds is 3. The van der Waals surface area contributed by atoms with Gasteiger partial charge in [-0.3, -0.25) is 9.89 Å². The number of hydrogen-bond acceptors (Lipinski definition) is 4. The summed E-state index contributed by atoms with van der Waals surface area (Å²) in [5, 5.41) is 14.1. The van der Waals surface area contributed by atoms with E-state index in [1.54, 1.807) is 6.92 Å². The predicted molar refractivity (Wildman–Crippen MR) is 76.8 cm³/mol. The summed E-state index contributed by atoms with van der Waals surface area (Å²) in [7, 11) is -3.78. The number of primary sulfonamides is 1. The van der Waals surface area contributed by atoms with Gasteiger partial charge in [0.25, 0.3) is 5.91 Å². The maximum absolute atomic E-state index is 12.0. The minimum absolute atomic E-state index is 0.0399. The van der Waals surface area contributed by atoms with E-state index in [0.717, 1.165) is 0 Å². The van der Waals surface area contributed by atoms with Crippen LogP contribution in [0.1, 0.15) is 16.1 Å². The molecule has 7 nitrogen and oxygen atoms in total. The SMILES string of the molecule is Cc1[nH]ncc1C(=O)Nc1ccc(S(N)(=O)=O)cc1Br. The van der Waals surface area contributed by atoms with Gasteiger partial charge in [0.2, 0.25) is 10.0 Å². The summed E-state index contributed by atoms with van der Waals surface area (Å²) in [5.74, 6) is -0.347. The van der Waals surface area contributed by atoms with Gasteiger partial charge in [-0.15, -0.1) is 0 Å². The summed E-state index contributed by atoms with van der Waals surface area (Å²) >= 11 is 3.19. The molecule has 0 aliphatic rings. The topological polar surface area (TPSA) is 118 Å². The third kappa shape index (κ3) is 3.06. The molecule has 0 aliphatic carbocycles. The number of hydrogen-bond donors (Lipinski definition) is 3. The summed E-state index contributed by atoms with van der Waals surface area (Å²) < 4.78 is 22.8. The Morgan fingerprint density at radius 1 is 1.45 bits per heavy atom. The Kier molecular flexibility index (Phi) is 3.93. The van der Waals surface area contributed by atoms with Crippen LogP contribution in [0, 0.1) is 6.92 Å². The van der Waals surface area contributed by atoms with Crippen molar-refractivity contribution in [3.63, 3.8) is 0 Å². The number of H-pyrrole nitrogens is 1. The highest BCUT2D eigenvalue weighted by atomic mass is 79.9. The molecule has 0 radical (unpaired) electrons. The van der Waals surface area contributed by atoms with E-state index in [-0.39, 0.29) is 10.8 Å². The number of aryl methyl sites for hydroxylation is 1. The number of halogens is 1. The first kappa shape index (κ1) is 14.7. The van der Waals surface area contributed by atoms with Crippen molar-refractivity contribution in [3.05, 3.63) is 40.1 Å². The molecule has 1 aromatic carbocycles. The van der Waals surface area contributed by atoms with Gasteiger partial charge in [-0.2, -0.15) is 5.10 Å². The molecule has 106 valence electrons. The third-order valence-corrected chi connectivity index (χ3v) is 4.16. The first-order valence-electron chi connectivity index (χ1n) is 5.42. The molecule has 1 amide bonds. The van der Waals surface area contributed by atoms with Crippen LogP contribution in [0.2, 0.25) is 0 Å². The second-order valence-corrected chi connectivity index (χ2v) is 6.47. The first-order chi connectivity index (χ1) is 9.29. The zero-order valence-electron chi connectivity index (χ0n) is 10.3. The lowest BCUT2D eigenvalue weighted by atomic mass is 10.2. The molecule has 1 heterocycles. The quantitative estimate of drug-likeness (QED) is 0.767. The zero-order chi connectivity index (χ0) is 14.9. The number of aromatic amines is 1. The van der Waals surface area contributed by atoms with E-state index in [9.17, 15) is 13.2 Å². The number of aromatic nitrogens is 2. The van der Waals surface area contributed by atoms with Crippen molar-refractivity contribution in [1.29, 1.82) is 0 Å². The Hall–Kier alpha value is -1.71. The van der Waals surface area contributed by atoms with Crippen LogP contribution >= 0.6 is 15.9 Å². The number of benzene rings is 1. The second kappa shape index (κ2) is 5.35. The lowest BCUT2D eigenvalue weighted by Crippen LogP contribution is -2.14. The Labute approximate surface area is 123 Å². The van der Waals surface area contributed by atoms with Crippen LogP contribution in [0.4, 0.5) is 5.69 Å². The summed E-state index contributed by atoms with van der Waals surface area (Å²) in [5.41, 5.74) is 1.48. The van der Waals surface area contributed by atoms with Crippen LogP contribution in [-0.4, -0.2) is 24.5 Å². The first-order valence-corrected chi connectivity index (χ1v) is 7.76. The molecule has 2 rings (SSSR count). The average Bonchev–Trinajstić information content (AvgIpc) is 2.76. The van der Waals surface area contributed by atoms with E-state index < -0.39 is 10.0 Å². The van der Waals surface area contributed by atoms with Crippen LogP contribution in [0.5, 0.6) is 0 Å². The number of nitrogens with two attached hydrogens (primary N) is 1. The van der Waals surface area contributed by atoms with Crippen molar-refractivity contribution in [3.8, 4) is 0 Å². The number of nitrogens with zero attached hydrogens (tertiary/aromatic N) is 1. The fourth-order valence-corrected chi connectivity index (χ4v) is 2.71. The Bertz CT molecular complexity index is 770. The van der Waals surface area contributed by atoms with Gasteiger partial charge in [-0.05, 0) is 41.1 Å². The number of anilines is 1. The van der Waals surface area contributed by atoms with Gasteiger partial charge < -0.3 is 5.32 Å². The predicted octanol–water partition coefficient (Wildman–Crippen LogP) is 1.38. The largest absolute Gasteiger partial charge is 0.321 e. The molecule has 0 unspecified atom stereocenters. The molecule has 1 aromatic heterocycles. The molecule has 0 fully saturated rings. The van der Waals surface area contributed by atoms with Crippen LogP contribution in [0.3, 0.4) is 0 Å². The highest BCUT2D eigenvalue weighted by molar-refractivity contribution is 9.10. The maximum atomic E-state index is 12.0. The highest BCUT2D eigenvalue weighted by Gasteiger charge is 2.14. The number of carbonyl (C=O) groups is 1. The molecule has 4 N–H and O–H groups in total. The molecule has 0 spiro atoms. The monoisotopic (exact) mass is 358 g/mol. The zero-order valence-corrected chi connectivity index (χ0v) is 12.7. The van der Waals surface area contributed by atoms with Crippen LogP contribution in [-0.2, 0) is 10.0 Å². The lowest BCUT2D eigenvalue weighted by Gasteiger charge is -2.08. The van der Waals surface area contributed by atoms with Crippen molar-refractivity contribution in [1.82, 2.24) is 10.2 Å². The van der Waals surface area contributed by atoms with E-state index in [1.807, 2.05) is 0 Å². The Balaban J connectivity index is 2.27. The molecule has 0 atom stereocenters. The number of amides is 1. The maximum Gasteiger partial charge on any atom is 0.259 e. The number of nitrogens with one attached hydrogen (secondary N) is 2. The van der Waals surface area contributed by atoms with Crippen LogP contribution < -0.4 is 10.5 Å². The van der Waals surface area contributed by atoms with Gasteiger partial charge in [-0.1, -0.05) is 0 Å². The molecular weight excluding hydrogens is 348 g/mol. The van der Waals surface area contributed by atoms with Crippen LogP contribution in [0.25, 0.3) is 0 Å². The number of sulfonamides is 1. The standard InChI is InChI=1S/C11H11BrN4O3S/c1-6-8(5-14-16-6)11(17)15-10-3-2-7(4-9(10)12)20(13,18)19/h2-5H,1H3,(H,14,16)(H,15,17)(H2,13,18,19). The smallest absolute Gasteiger partial charge is 0.259 e. The van der Waals surface area contributed by atoms with Crippen molar-refractivity contribution in [2.24, 2.45) is 5.14 Å². The second-order valence-electron chi connectivity index (χ2n) is 4.05. The average molecular weight is 359 g/mol. The van der Waals surface area contributed by atoms with Crippen molar-refractivity contribution < 1.29 is 13.2 Å². The van der Waals surface area contributed by atoms with Crippen molar-refractivity contribution >= 4 is 37.5 Å². The third-order valence-electron chi connectivity index (χ3n) is 2.59. The van der Waals surface area contributed by atoms with Gasteiger partial charge in [0.15, 0.2) is 0 Å². The number of carbonyl (C=O) groups excluding carboxylic acids is 1. The Morgan fingerprint density at radius 2 is 2.15 bits per heavy atom. The minimum atomic E-state index is -3.78. The molecule has 9 heteroatoms. The van der Waals surface area contributed by atoms with E-state index >= 15 is 0 Å². The lowest BCUT2D eigenvalue weighted by molar-refractivity contribution is 0.102. The van der Waals surface area contributed by atoms with Gasteiger partial charge in [0.1, 0.15) is 0 Å². The van der Waals surface area contributed by atoms with Crippen molar-refractivity contribution in [2.75, 3.05) is 5.32 Å². The van der Waals surface area contributed by atoms with Crippen molar-refractivity contribution in [2.45, 2.75) is 11.8 Å². The molecule has 0 saturated carbocycles. The van der Waals surface area contributed by atoms with E-state index in [1.165, 1.54) is 24.4 Å². The summed E-state index contributed by atoms with van der Waals surface area (Å²) in [6.45, 7) is 1.72. The fraction of sp³-hybridized carbons (Fsp3) is 0.0909. The fourth-order valence-electron chi connectivity index (χ4n) is 1.54. The van der Waals surface area contributed by atoms with Gasteiger partial charge in [0.05, 0.1) is 22.3 Å². The molecule has 0 saturated heterocycles. The molecule has 2 aromatic rings. The summed E-state index contributed by atoms with van der Waals surface area (Å²) in [6, 6.07) is 4.10. The normalized spacial score (nSPS) is 11.3. The summed E-state index contributed by atoms with van der Waals surface area (Å²) in [4.78, 5) is 12.0. The molecular formula is C11H11BrN4O3S. The van der Waals surface area contributed by atoms with E-state index in [2.05, 4.69) is 31.4 Å². The van der Waals surface area contributed by atoms with Gasteiger partial charge >= 0.3 is 0 Å². The molecule has 0 bridgehead atoms. The Morgan fingerprint density at radius 3 is 2.65 bits per heavy atom. The van der Waals surface area contributed by atoms with Crippen LogP contribution in [0.15, 0.2) is 33.8 Å². The van der Waals surface area contributed by atoms with E-state index in [0.29, 0.717) is 21.4 Å². The highest BCUT2D eigenvalue weighted by Crippen LogP contribution is 2.25. The van der Waals surface area contributed by atoms with Gasteiger partial charge in [0, 0.05) is 10.2 Å².